The number of hydrogen-bond acceptors (Lipinski definition) is 5. The predicted octanol–water partition coefficient (Wildman–Crippen LogP) is 3.42. The second kappa shape index (κ2) is 10.8. The van der Waals surface area contributed by atoms with E-state index in [2.05, 4.69) is 5.32 Å². The first-order valence-corrected chi connectivity index (χ1v) is 10.9. The molecule has 0 aromatic heterocycles. The molecule has 1 fully saturated rings. The summed E-state index contributed by atoms with van der Waals surface area (Å²) in [6, 6.07) is 14.4. The van der Waals surface area contributed by atoms with Gasteiger partial charge in [-0.3, -0.25) is 14.4 Å². The van der Waals surface area contributed by atoms with Crippen LogP contribution < -0.4 is 15.0 Å². The maximum atomic E-state index is 13.1. The van der Waals surface area contributed by atoms with Gasteiger partial charge in [-0.15, -0.1) is 0 Å². The van der Waals surface area contributed by atoms with Crippen LogP contribution in [0.25, 0.3) is 0 Å². The number of anilines is 1. The number of hydrogen-bond donors (Lipinski definition) is 1. The Morgan fingerprint density at radius 1 is 1.16 bits per heavy atom. The lowest BCUT2D eigenvalue weighted by atomic mass is 10.0. The summed E-state index contributed by atoms with van der Waals surface area (Å²) in [4.78, 5) is 39.7. The largest absolute Gasteiger partial charge is 0.497 e. The topological polar surface area (TPSA) is 84.9 Å². The van der Waals surface area contributed by atoms with Crippen molar-refractivity contribution in [3.05, 3.63) is 59.7 Å². The molecule has 7 nitrogen and oxygen atoms in total. The molecule has 1 saturated heterocycles. The van der Waals surface area contributed by atoms with Gasteiger partial charge in [-0.05, 0) is 42.7 Å². The molecule has 1 aliphatic rings. The zero-order valence-corrected chi connectivity index (χ0v) is 18.8. The quantitative estimate of drug-likeness (QED) is 0.607. The Labute approximate surface area is 188 Å². The number of para-hydroxylation sites is 1. The van der Waals surface area contributed by atoms with Gasteiger partial charge in [0.2, 0.25) is 11.8 Å². The molecule has 7 heteroatoms. The van der Waals surface area contributed by atoms with Crippen LogP contribution in [-0.2, 0) is 25.5 Å². The normalized spacial score (nSPS) is 16.5. The molecule has 1 N–H and O–H groups in total. The smallest absolute Gasteiger partial charge is 0.308 e. The molecule has 0 spiro atoms. The van der Waals surface area contributed by atoms with Gasteiger partial charge in [-0.25, -0.2) is 0 Å². The van der Waals surface area contributed by atoms with Gasteiger partial charge < -0.3 is 19.7 Å². The van der Waals surface area contributed by atoms with Crippen molar-refractivity contribution < 1.29 is 23.9 Å². The van der Waals surface area contributed by atoms with Crippen molar-refractivity contribution in [2.75, 3.05) is 25.2 Å². The van der Waals surface area contributed by atoms with E-state index in [0.717, 1.165) is 23.2 Å². The molecule has 170 valence electrons. The van der Waals surface area contributed by atoms with Crippen LogP contribution in [0.3, 0.4) is 0 Å². The fourth-order valence-corrected chi connectivity index (χ4v) is 3.98. The monoisotopic (exact) mass is 438 g/mol. The number of rotatable bonds is 9. The van der Waals surface area contributed by atoms with Crippen molar-refractivity contribution >= 4 is 23.5 Å². The molecule has 0 unspecified atom stereocenters. The van der Waals surface area contributed by atoms with E-state index in [0.29, 0.717) is 12.3 Å². The van der Waals surface area contributed by atoms with E-state index >= 15 is 0 Å². The predicted molar refractivity (Wildman–Crippen MR) is 121 cm³/mol. The van der Waals surface area contributed by atoms with Crippen LogP contribution in [0.5, 0.6) is 5.75 Å². The first-order valence-electron chi connectivity index (χ1n) is 10.9. The molecule has 2 aromatic rings. The van der Waals surface area contributed by atoms with E-state index < -0.39 is 17.9 Å². The van der Waals surface area contributed by atoms with E-state index in [1.165, 1.54) is 0 Å². The fourth-order valence-electron chi connectivity index (χ4n) is 3.98. The SMILES string of the molecule is CCOC(=O)C[C@@H](NC(=O)[C@@H]1CC(=O)N(c2ccccc2CC)C1)c1cccc(OC)c1. The first kappa shape index (κ1) is 23.3. The molecule has 1 aliphatic heterocycles. The number of carbonyl (C=O) groups is 3. The maximum absolute atomic E-state index is 13.1. The van der Waals surface area contributed by atoms with Gasteiger partial charge in [0.05, 0.1) is 32.1 Å². The Hall–Kier alpha value is -3.35. The lowest BCUT2D eigenvalue weighted by Crippen LogP contribution is -2.36. The van der Waals surface area contributed by atoms with Crippen molar-refractivity contribution in [3.8, 4) is 5.75 Å². The third kappa shape index (κ3) is 5.46. The summed E-state index contributed by atoms with van der Waals surface area (Å²) >= 11 is 0. The first-order chi connectivity index (χ1) is 15.5. The third-order valence-electron chi connectivity index (χ3n) is 5.65. The molecule has 2 atom stereocenters. The summed E-state index contributed by atoms with van der Waals surface area (Å²) in [6.07, 6.45) is 0.929. The Morgan fingerprint density at radius 3 is 2.66 bits per heavy atom. The van der Waals surface area contributed by atoms with Crippen LogP contribution in [0.1, 0.15) is 43.9 Å². The molecule has 0 radical (unpaired) electrons. The average Bonchev–Trinajstić information content (AvgIpc) is 3.20. The van der Waals surface area contributed by atoms with E-state index in [1.807, 2.05) is 37.3 Å². The molecular weight excluding hydrogens is 408 g/mol. The van der Waals surface area contributed by atoms with E-state index in [4.69, 9.17) is 9.47 Å². The second-order valence-electron chi connectivity index (χ2n) is 7.73. The minimum atomic E-state index is -0.580. The summed E-state index contributed by atoms with van der Waals surface area (Å²) in [5.41, 5.74) is 2.66. The molecule has 2 aromatic carbocycles. The number of ether oxygens (including phenoxy) is 2. The van der Waals surface area contributed by atoms with Gasteiger partial charge in [0, 0.05) is 18.7 Å². The summed E-state index contributed by atoms with van der Waals surface area (Å²) in [7, 11) is 1.56. The number of methoxy groups -OCH3 is 1. The van der Waals surface area contributed by atoms with Gasteiger partial charge in [-0.2, -0.15) is 0 Å². The zero-order chi connectivity index (χ0) is 23.1. The van der Waals surface area contributed by atoms with E-state index in [9.17, 15) is 14.4 Å². The number of benzene rings is 2. The molecule has 3 rings (SSSR count). The van der Waals surface area contributed by atoms with Crippen LogP contribution in [0.15, 0.2) is 48.5 Å². The molecule has 0 bridgehead atoms. The minimum absolute atomic E-state index is 0.00417. The number of esters is 1. The molecule has 32 heavy (non-hydrogen) atoms. The standard InChI is InChI=1S/C25H30N2O5/c1-4-17-9-6-7-12-22(17)27-16-19(14-23(27)28)25(30)26-21(15-24(29)32-5-2)18-10-8-11-20(13-18)31-3/h6-13,19,21H,4-5,14-16H2,1-3H3,(H,26,30)/t19-,21-/m1/s1. The molecule has 1 heterocycles. The highest BCUT2D eigenvalue weighted by Crippen LogP contribution is 2.30. The lowest BCUT2D eigenvalue weighted by molar-refractivity contribution is -0.144. The number of carbonyl (C=O) groups excluding carboxylic acids is 3. The summed E-state index contributed by atoms with van der Waals surface area (Å²) in [5.74, 6) is -0.602. The van der Waals surface area contributed by atoms with E-state index in [-0.39, 0.29) is 31.3 Å². The van der Waals surface area contributed by atoms with Crippen LogP contribution in [0, 0.1) is 5.92 Å². The molecule has 2 amide bonds. The Morgan fingerprint density at radius 2 is 1.94 bits per heavy atom. The number of aryl methyl sites for hydroxylation is 1. The van der Waals surface area contributed by atoms with E-state index in [1.54, 1.807) is 37.1 Å². The average molecular weight is 439 g/mol. The van der Waals surface area contributed by atoms with Gasteiger partial charge in [0.1, 0.15) is 5.75 Å². The third-order valence-corrected chi connectivity index (χ3v) is 5.65. The van der Waals surface area contributed by atoms with Crippen molar-refractivity contribution in [1.82, 2.24) is 5.32 Å². The summed E-state index contributed by atoms with van der Waals surface area (Å²) in [5, 5.41) is 2.96. The highest BCUT2D eigenvalue weighted by atomic mass is 16.5. The van der Waals surface area contributed by atoms with Crippen molar-refractivity contribution in [2.45, 2.75) is 39.2 Å². The highest BCUT2D eigenvalue weighted by Gasteiger charge is 2.36. The number of nitrogens with one attached hydrogen (secondary N) is 1. The Balaban J connectivity index is 1.76. The summed E-state index contributed by atoms with van der Waals surface area (Å²) < 4.78 is 10.4. The van der Waals surface area contributed by atoms with Crippen LogP contribution in [-0.4, -0.2) is 38.0 Å². The molecule has 0 aliphatic carbocycles. The highest BCUT2D eigenvalue weighted by molar-refractivity contribution is 6.01. The molecular formula is C25H30N2O5. The second-order valence-corrected chi connectivity index (χ2v) is 7.73. The summed E-state index contributed by atoms with van der Waals surface area (Å²) in [6.45, 7) is 4.36. The van der Waals surface area contributed by atoms with Gasteiger partial charge in [0.25, 0.3) is 0 Å². The van der Waals surface area contributed by atoms with Crippen LogP contribution in [0.2, 0.25) is 0 Å². The van der Waals surface area contributed by atoms with Gasteiger partial charge >= 0.3 is 5.97 Å². The Kier molecular flexibility index (Phi) is 7.87. The Bertz CT molecular complexity index is 974. The fraction of sp³-hybridized carbons (Fsp3) is 0.400. The van der Waals surface area contributed by atoms with Crippen LogP contribution >= 0.6 is 0 Å². The van der Waals surface area contributed by atoms with Crippen molar-refractivity contribution in [3.63, 3.8) is 0 Å². The minimum Gasteiger partial charge on any atom is -0.497 e. The number of nitrogens with zero attached hydrogens (tertiary/aromatic N) is 1. The maximum Gasteiger partial charge on any atom is 0.308 e. The van der Waals surface area contributed by atoms with Gasteiger partial charge in [0.15, 0.2) is 0 Å². The van der Waals surface area contributed by atoms with Crippen molar-refractivity contribution in [1.29, 1.82) is 0 Å². The van der Waals surface area contributed by atoms with Crippen molar-refractivity contribution in [2.24, 2.45) is 5.92 Å². The van der Waals surface area contributed by atoms with Gasteiger partial charge in [-0.1, -0.05) is 37.3 Å². The lowest BCUT2D eigenvalue weighted by Gasteiger charge is -2.22. The molecule has 0 saturated carbocycles. The zero-order valence-electron chi connectivity index (χ0n) is 18.8. The number of amides is 2. The van der Waals surface area contributed by atoms with Crippen LogP contribution in [0.4, 0.5) is 5.69 Å².